The highest BCUT2D eigenvalue weighted by Crippen LogP contribution is 2.36. The van der Waals surface area contributed by atoms with Crippen LogP contribution in [0, 0.1) is 6.92 Å². The Morgan fingerprint density at radius 2 is 1.87 bits per heavy atom. The third-order valence-corrected chi connectivity index (χ3v) is 7.53. The van der Waals surface area contributed by atoms with Crippen molar-refractivity contribution in [1.82, 2.24) is 15.3 Å². The number of carbonyl (C=O) groups excluding carboxylic acids is 2. The molecule has 0 saturated carbocycles. The van der Waals surface area contributed by atoms with E-state index in [1.54, 1.807) is 11.3 Å². The van der Waals surface area contributed by atoms with Gasteiger partial charge in [-0.05, 0) is 56.7 Å². The number of hydrogen-bond donors (Lipinski definition) is 1. The molecule has 168 valence electrons. The van der Waals surface area contributed by atoms with Crippen molar-refractivity contribution in [2.24, 2.45) is 0 Å². The second-order valence-corrected chi connectivity index (χ2v) is 9.65. The fourth-order valence-electron chi connectivity index (χ4n) is 4.57. The standard InChI is InChI=1S/C25H35N3O2S/c1-7-20(19-8-10-28(11-9-19)27(5)6)24-18(4)22(15-31-24)25(30)26-14-21-17(3)12-16(2)13-23(21)29/h12,15H,7-11,13-14H2,1-6H3,(H,26,30). The van der Waals surface area contributed by atoms with Crippen LogP contribution in [0.4, 0.5) is 0 Å². The van der Waals surface area contributed by atoms with Gasteiger partial charge in [0.25, 0.3) is 5.91 Å². The molecule has 1 fully saturated rings. The van der Waals surface area contributed by atoms with Crippen LogP contribution < -0.4 is 5.32 Å². The van der Waals surface area contributed by atoms with Gasteiger partial charge in [0.2, 0.25) is 0 Å². The zero-order valence-corrected chi connectivity index (χ0v) is 20.5. The summed E-state index contributed by atoms with van der Waals surface area (Å²) in [6, 6.07) is 0. The third-order valence-electron chi connectivity index (χ3n) is 6.39. The topological polar surface area (TPSA) is 52.6 Å². The van der Waals surface area contributed by atoms with E-state index in [-0.39, 0.29) is 11.7 Å². The monoisotopic (exact) mass is 441 g/mol. The van der Waals surface area contributed by atoms with Gasteiger partial charge in [-0.25, -0.2) is 10.0 Å². The Balaban J connectivity index is 1.75. The van der Waals surface area contributed by atoms with E-state index in [0.717, 1.165) is 60.2 Å². The van der Waals surface area contributed by atoms with Gasteiger partial charge in [-0.1, -0.05) is 24.1 Å². The van der Waals surface area contributed by atoms with Crippen molar-refractivity contribution in [3.8, 4) is 0 Å². The predicted octanol–water partition coefficient (Wildman–Crippen LogP) is 4.76. The molecule has 0 spiro atoms. The number of rotatable bonds is 6. The molecule has 1 aromatic rings. The molecule has 6 heteroatoms. The SMILES string of the molecule is CCC(=C1CCN(N(C)C)CC1)c1scc(C(=O)NCC2=C(C)C=C(C)CC2=O)c1C. The van der Waals surface area contributed by atoms with Gasteiger partial charge in [-0.15, -0.1) is 11.3 Å². The van der Waals surface area contributed by atoms with Gasteiger partial charge >= 0.3 is 0 Å². The quantitative estimate of drug-likeness (QED) is 0.692. The molecule has 1 aliphatic heterocycles. The van der Waals surface area contributed by atoms with E-state index in [9.17, 15) is 9.59 Å². The van der Waals surface area contributed by atoms with E-state index in [1.807, 2.05) is 32.2 Å². The van der Waals surface area contributed by atoms with Gasteiger partial charge in [0, 0.05) is 56.0 Å². The lowest BCUT2D eigenvalue weighted by Crippen LogP contribution is -2.41. The van der Waals surface area contributed by atoms with Crippen molar-refractivity contribution in [3.63, 3.8) is 0 Å². The number of allylic oxidation sites excluding steroid dienone is 4. The Hall–Kier alpha value is -2.02. The van der Waals surface area contributed by atoms with Crippen LogP contribution in [0.25, 0.3) is 5.57 Å². The molecule has 1 aliphatic carbocycles. The second kappa shape index (κ2) is 10.1. The van der Waals surface area contributed by atoms with E-state index < -0.39 is 0 Å². The zero-order chi connectivity index (χ0) is 22.7. The van der Waals surface area contributed by atoms with E-state index in [0.29, 0.717) is 13.0 Å². The van der Waals surface area contributed by atoms with E-state index >= 15 is 0 Å². The molecule has 2 heterocycles. The average molecular weight is 442 g/mol. The van der Waals surface area contributed by atoms with Crippen LogP contribution in [-0.2, 0) is 4.79 Å². The highest BCUT2D eigenvalue weighted by molar-refractivity contribution is 7.11. The zero-order valence-electron chi connectivity index (χ0n) is 19.7. The fourth-order valence-corrected chi connectivity index (χ4v) is 5.80. The molecule has 2 aliphatic rings. The van der Waals surface area contributed by atoms with Gasteiger partial charge in [0.15, 0.2) is 5.78 Å². The largest absolute Gasteiger partial charge is 0.348 e. The number of hydrazine groups is 1. The number of piperidine rings is 1. The van der Waals surface area contributed by atoms with Gasteiger partial charge in [0.05, 0.1) is 5.56 Å². The smallest absolute Gasteiger partial charge is 0.252 e. The minimum absolute atomic E-state index is 0.0951. The second-order valence-electron chi connectivity index (χ2n) is 8.77. The summed E-state index contributed by atoms with van der Waals surface area (Å²) in [6.07, 6.45) is 5.61. The number of nitrogens with one attached hydrogen (secondary N) is 1. The Kier molecular flexibility index (Phi) is 7.68. The first kappa shape index (κ1) is 23.6. The molecule has 5 nitrogen and oxygen atoms in total. The molecule has 1 N–H and O–H groups in total. The van der Waals surface area contributed by atoms with Gasteiger partial charge in [-0.3, -0.25) is 9.59 Å². The summed E-state index contributed by atoms with van der Waals surface area (Å²) in [5.74, 6) is 0.0184. The van der Waals surface area contributed by atoms with Crippen LogP contribution in [0.15, 0.2) is 33.7 Å². The minimum atomic E-state index is -0.0951. The molecule has 31 heavy (non-hydrogen) atoms. The van der Waals surface area contributed by atoms with Crippen molar-refractivity contribution in [2.45, 2.75) is 53.4 Å². The number of ketones is 1. The normalized spacial score (nSPS) is 18.0. The maximum Gasteiger partial charge on any atom is 0.252 e. The van der Waals surface area contributed by atoms with E-state index in [1.165, 1.54) is 16.0 Å². The summed E-state index contributed by atoms with van der Waals surface area (Å²) in [4.78, 5) is 26.5. The molecular weight excluding hydrogens is 406 g/mol. The molecule has 1 aromatic heterocycles. The van der Waals surface area contributed by atoms with Crippen molar-refractivity contribution < 1.29 is 9.59 Å². The molecular formula is C25H35N3O2S. The van der Waals surface area contributed by atoms with Crippen LogP contribution in [0.5, 0.6) is 0 Å². The molecule has 3 rings (SSSR count). The number of carbonyl (C=O) groups is 2. The van der Waals surface area contributed by atoms with Crippen LogP contribution in [0.1, 0.15) is 67.3 Å². The van der Waals surface area contributed by atoms with Crippen molar-refractivity contribution >= 4 is 28.6 Å². The minimum Gasteiger partial charge on any atom is -0.348 e. The predicted molar refractivity (Wildman–Crippen MR) is 129 cm³/mol. The first-order valence-electron chi connectivity index (χ1n) is 11.1. The lowest BCUT2D eigenvalue weighted by atomic mass is 9.92. The van der Waals surface area contributed by atoms with Crippen LogP contribution in [0.3, 0.4) is 0 Å². The van der Waals surface area contributed by atoms with Gasteiger partial charge < -0.3 is 5.32 Å². The van der Waals surface area contributed by atoms with Crippen LogP contribution in [0.2, 0.25) is 0 Å². The molecule has 1 saturated heterocycles. The maximum atomic E-state index is 12.9. The van der Waals surface area contributed by atoms with Crippen molar-refractivity contribution in [1.29, 1.82) is 0 Å². The number of nitrogens with zero attached hydrogens (tertiary/aromatic N) is 2. The fraction of sp³-hybridized carbons (Fsp3) is 0.520. The third kappa shape index (κ3) is 5.25. The number of amides is 1. The van der Waals surface area contributed by atoms with Gasteiger partial charge in [0.1, 0.15) is 0 Å². The first-order chi connectivity index (χ1) is 14.7. The van der Waals surface area contributed by atoms with Crippen molar-refractivity contribution in [3.05, 3.63) is 49.8 Å². The summed E-state index contributed by atoms with van der Waals surface area (Å²) in [6.45, 7) is 10.5. The summed E-state index contributed by atoms with van der Waals surface area (Å²) >= 11 is 1.67. The number of hydrogen-bond acceptors (Lipinski definition) is 5. The Labute approximate surface area is 190 Å². The summed E-state index contributed by atoms with van der Waals surface area (Å²) in [7, 11) is 4.19. The van der Waals surface area contributed by atoms with Gasteiger partial charge in [-0.2, -0.15) is 0 Å². The molecule has 0 unspecified atom stereocenters. The maximum absolute atomic E-state index is 12.9. The molecule has 0 aromatic carbocycles. The highest BCUT2D eigenvalue weighted by atomic mass is 32.1. The lowest BCUT2D eigenvalue weighted by Gasteiger charge is -2.34. The molecule has 0 bridgehead atoms. The Morgan fingerprint density at radius 1 is 1.19 bits per heavy atom. The molecule has 0 atom stereocenters. The Bertz CT molecular complexity index is 955. The van der Waals surface area contributed by atoms with Crippen LogP contribution in [-0.4, -0.2) is 55.4 Å². The molecule has 0 radical (unpaired) electrons. The van der Waals surface area contributed by atoms with Crippen LogP contribution >= 0.6 is 11.3 Å². The summed E-state index contributed by atoms with van der Waals surface area (Å²) in [5.41, 5.74) is 7.46. The van der Waals surface area contributed by atoms with E-state index in [4.69, 9.17) is 0 Å². The van der Waals surface area contributed by atoms with E-state index in [2.05, 4.69) is 36.4 Å². The Morgan fingerprint density at radius 3 is 2.45 bits per heavy atom. The summed E-state index contributed by atoms with van der Waals surface area (Å²) < 4.78 is 0. The average Bonchev–Trinajstić information content (AvgIpc) is 3.09. The van der Waals surface area contributed by atoms with Crippen molar-refractivity contribution in [2.75, 3.05) is 33.7 Å². The number of thiophene rings is 1. The highest BCUT2D eigenvalue weighted by Gasteiger charge is 2.23. The lowest BCUT2D eigenvalue weighted by molar-refractivity contribution is -0.115. The first-order valence-corrected chi connectivity index (χ1v) is 12.0. The number of Topliss-reactive ketones (excluding diaryl/α,β-unsaturated/α-hetero) is 1. The molecule has 1 amide bonds. The summed E-state index contributed by atoms with van der Waals surface area (Å²) in [5, 5.41) is 9.50.